The number of aromatic nitrogens is 2. The molecule has 4 nitrogen and oxygen atoms in total. The van der Waals surface area contributed by atoms with Crippen molar-refractivity contribution < 1.29 is 4.74 Å². The first-order chi connectivity index (χ1) is 10.2. The number of fused-ring (bicyclic) bond motifs is 1. The molecule has 104 valence electrons. The molecule has 0 aliphatic rings. The third kappa shape index (κ3) is 2.31. The van der Waals surface area contributed by atoms with Crippen LogP contribution in [-0.2, 0) is 4.74 Å². The maximum atomic E-state index is 6.10. The van der Waals surface area contributed by atoms with Gasteiger partial charge < -0.3 is 10.5 Å². The average molecular weight is 277 g/mol. The minimum Gasteiger partial charge on any atom is -0.495 e. The summed E-state index contributed by atoms with van der Waals surface area (Å²) in [6, 6.07) is 9.91. The zero-order valence-electron chi connectivity index (χ0n) is 11.7. The molecule has 3 rings (SSSR count). The average Bonchev–Trinajstić information content (AvgIpc) is 2.54. The van der Waals surface area contributed by atoms with E-state index in [9.17, 15) is 0 Å². The third-order valence-corrected chi connectivity index (χ3v) is 3.42. The number of ether oxygens (including phenoxy) is 1. The molecule has 0 aliphatic heterocycles. The smallest absolute Gasteiger partial charge is 0.137 e. The van der Waals surface area contributed by atoms with E-state index in [-0.39, 0.29) is 0 Å². The van der Waals surface area contributed by atoms with E-state index in [1.165, 1.54) is 0 Å². The van der Waals surface area contributed by atoms with Crippen molar-refractivity contribution in [2.75, 3.05) is 12.8 Å². The molecule has 0 radical (unpaired) electrons. The Morgan fingerprint density at radius 2 is 2.10 bits per heavy atom. The lowest BCUT2D eigenvalue weighted by atomic mass is 9.98. The van der Waals surface area contributed by atoms with Crippen LogP contribution in [0.4, 0.5) is 5.69 Å². The first kappa shape index (κ1) is 13.1. The number of hydrogen-bond acceptors (Lipinski definition) is 4. The molecule has 0 unspecified atom stereocenters. The summed E-state index contributed by atoms with van der Waals surface area (Å²) >= 11 is 0. The Kier molecular flexibility index (Phi) is 3.28. The van der Waals surface area contributed by atoms with E-state index >= 15 is 0 Å². The van der Waals surface area contributed by atoms with Crippen LogP contribution >= 0.6 is 0 Å². The van der Waals surface area contributed by atoms with Crippen LogP contribution in [0.5, 0.6) is 0 Å². The van der Waals surface area contributed by atoms with Crippen LogP contribution in [0.3, 0.4) is 0 Å². The lowest BCUT2D eigenvalue weighted by Crippen LogP contribution is -1.93. The highest BCUT2D eigenvalue weighted by atomic mass is 16.5. The number of pyridine rings is 2. The second-order valence-corrected chi connectivity index (χ2v) is 4.69. The fraction of sp³-hybridized carbons (Fsp3) is 0.0588. The molecule has 4 heteroatoms. The quantitative estimate of drug-likeness (QED) is 0.744. The highest BCUT2D eigenvalue weighted by Gasteiger charge is 2.09. The van der Waals surface area contributed by atoms with Gasteiger partial charge in [-0.1, -0.05) is 24.8 Å². The molecule has 2 aromatic heterocycles. The van der Waals surface area contributed by atoms with Gasteiger partial charge >= 0.3 is 0 Å². The molecule has 3 aromatic rings. The van der Waals surface area contributed by atoms with Crippen LogP contribution in [0.1, 0.15) is 5.69 Å². The van der Waals surface area contributed by atoms with Crippen molar-refractivity contribution in [2.45, 2.75) is 0 Å². The second kappa shape index (κ2) is 5.25. The molecular weight excluding hydrogens is 262 g/mol. The lowest BCUT2D eigenvalue weighted by Gasteiger charge is -2.10. The fourth-order valence-corrected chi connectivity index (χ4v) is 2.36. The molecule has 0 atom stereocenters. The maximum Gasteiger partial charge on any atom is 0.137 e. The van der Waals surface area contributed by atoms with E-state index in [4.69, 9.17) is 10.5 Å². The third-order valence-electron chi connectivity index (χ3n) is 3.42. The summed E-state index contributed by atoms with van der Waals surface area (Å²) < 4.78 is 5.15. The van der Waals surface area contributed by atoms with Crippen LogP contribution in [0.15, 0.2) is 55.5 Å². The summed E-state index contributed by atoms with van der Waals surface area (Å²) in [5.41, 5.74) is 9.52. The summed E-state index contributed by atoms with van der Waals surface area (Å²) in [6.45, 7) is 3.84. The molecule has 0 aliphatic carbocycles. The van der Waals surface area contributed by atoms with Gasteiger partial charge in [-0.3, -0.25) is 9.97 Å². The highest BCUT2D eigenvalue weighted by molar-refractivity contribution is 6.03. The largest absolute Gasteiger partial charge is 0.495 e. The van der Waals surface area contributed by atoms with Crippen molar-refractivity contribution in [3.05, 3.63) is 61.2 Å². The monoisotopic (exact) mass is 277 g/mol. The first-order valence-electron chi connectivity index (χ1n) is 6.52. The number of anilines is 1. The molecule has 0 saturated carbocycles. The van der Waals surface area contributed by atoms with Gasteiger partial charge in [0.05, 0.1) is 19.0 Å². The van der Waals surface area contributed by atoms with Gasteiger partial charge in [-0.15, -0.1) is 0 Å². The van der Waals surface area contributed by atoms with Crippen molar-refractivity contribution in [3.8, 4) is 11.1 Å². The summed E-state index contributed by atoms with van der Waals surface area (Å²) in [5, 5.41) is 2.00. The molecule has 0 bridgehead atoms. The lowest BCUT2D eigenvalue weighted by molar-refractivity contribution is 0.369. The van der Waals surface area contributed by atoms with Gasteiger partial charge in [0.15, 0.2) is 0 Å². The van der Waals surface area contributed by atoms with Crippen molar-refractivity contribution in [1.29, 1.82) is 0 Å². The van der Waals surface area contributed by atoms with Gasteiger partial charge in [0, 0.05) is 23.2 Å². The van der Waals surface area contributed by atoms with Crippen LogP contribution in [0.25, 0.3) is 27.7 Å². The SMILES string of the molecule is C=C(OC)c1cc(-c2cccc3cncc(N)c23)ccn1. The van der Waals surface area contributed by atoms with Crippen molar-refractivity contribution >= 4 is 22.2 Å². The Labute approximate surface area is 122 Å². The number of rotatable bonds is 3. The molecule has 0 amide bonds. The molecule has 1 aromatic carbocycles. The van der Waals surface area contributed by atoms with E-state index in [0.717, 1.165) is 21.9 Å². The molecule has 0 saturated heterocycles. The van der Waals surface area contributed by atoms with Crippen molar-refractivity contribution in [3.63, 3.8) is 0 Å². The van der Waals surface area contributed by atoms with E-state index in [0.29, 0.717) is 17.1 Å². The van der Waals surface area contributed by atoms with Gasteiger partial charge in [-0.25, -0.2) is 0 Å². The summed E-state index contributed by atoms with van der Waals surface area (Å²) in [4.78, 5) is 8.40. The molecule has 0 spiro atoms. The minimum absolute atomic E-state index is 0.534. The van der Waals surface area contributed by atoms with E-state index in [2.05, 4.69) is 16.5 Å². The predicted octanol–water partition coefficient (Wildman–Crippen LogP) is 3.50. The van der Waals surface area contributed by atoms with E-state index in [1.54, 1.807) is 19.5 Å². The molecule has 0 fully saturated rings. The Morgan fingerprint density at radius 1 is 1.24 bits per heavy atom. The molecule has 21 heavy (non-hydrogen) atoms. The van der Waals surface area contributed by atoms with Crippen molar-refractivity contribution in [1.82, 2.24) is 9.97 Å². The summed E-state index contributed by atoms with van der Waals surface area (Å²) in [6.07, 6.45) is 5.22. The topological polar surface area (TPSA) is 61.0 Å². The number of benzene rings is 1. The molecular formula is C17H15N3O. The zero-order chi connectivity index (χ0) is 14.8. The second-order valence-electron chi connectivity index (χ2n) is 4.69. The van der Waals surface area contributed by atoms with Gasteiger partial charge in [0.2, 0.25) is 0 Å². The van der Waals surface area contributed by atoms with Gasteiger partial charge in [0.1, 0.15) is 11.5 Å². The van der Waals surface area contributed by atoms with E-state index < -0.39 is 0 Å². The number of nitrogen functional groups attached to an aromatic ring is 1. The van der Waals surface area contributed by atoms with Gasteiger partial charge in [0.25, 0.3) is 0 Å². The number of hydrogen-bond donors (Lipinski definition) is 1. The molecule has 2 heterocycles. The Morgan fingerprint density at radius 3 is 2.90 bits per heavy atom. The highest BCUT2D eigenvalue weighted by Crippen LogP contribution is 2.32. The number of methoxy groups -OCH3 is 1. The number of nitrogens with two attached hydrogens (primary N) is 1. The van der Waals surface area contributed by atoms with Gasteiger partial charge in [-0.2, -0.15) is 0 Å². The number of nitrogens with zero attached hydrogens (tertiary/aromatic N) is 2. The van der Waals surface area contributed by atoms with E-state index in [1.807, 2.05) is 36.5 Å². The summed E-state index contributed by atoms with van der Waals surface area (Å²) in [7, 11) is 1.58. The molecule has 2 N–H and O–H groups in total. The van der Waals surface area contributed by atoms with Crippen LogP contribution in [0.2, 0.25) is 0 Å². The Hall–Kier alpha value is -2.88. The first-order valence-corrected chi connectivity index (χ1v) is 6.52. The van der Waals surface area contributed by atoms with Crippen molar-refractivity contribution in [2.24, 2.45) is 0 Å². The normalized spacial score (nSPS) is 10.5. The van der Waals surface area contributed by atoms with Crippen LogP contribution < -0.4 is 5.73 Å². The minimum atomic E-state index is 0.534. The predicted molar refractivity (Wildman–Crippen MR) is 85.4 cm³/mol. The van der Waals surface area contributed by atoms with Crippen LogP contribution in [0, 0.1) is 0 Å². The Bertz CT molecular complexity index is 822. The maximum absolute atomic E-state index is 6.10. The van der Waals surface area contributed by atoms with Gasteiger partial charge in [-0.05, 0) is 23.3 Å². The zero-order valence-corrected chi connectivity index (χ0v) is 11.7. The summed E-state index contributed by atoms with van der Waals surface area (Å²) in [5.74, 6) is 0.534. The fourth-order valence-electron chi connectivity index (χ4n) is 2.36. The van der Waals surface area contributed by atoms with Crippen LogP contribution in [-0.4, -0.2) is 17.1 Å². The standard InChI is InChI=1S/C17H15N3O/c1-11(21-2)16-8-12(6-7-20-16)14-5-3-4-13-9-19-10-15(18)17(13)14/h3-10H,1,18H2,2H3. The Balaban J connectivity index is 2.24.